The van der Waals surface area contributed by atoms with Crippen LogP contribution in [-0.4, -0.2) is 51.9 Å². The molecule has 0 spiro atoms. The van der Waals surface area contributed by atoms with Gasteiger partial charge in [0.2, 0.25) is 0 Å². The van der Waals surface area contributed by atoms with Crippen molar-refractivity contribution < 1.29 is 17.8 Å². The van der Waals surface area contributed by atoms with E-state index in [0.29, 0.717) is 23.8 Å². The minimum Gasteiger partial charge on any atom is -0.330 e. The van der Waals surface area contributed by atoms with Gasteiger partial charge in [0.05, 0.1) is 10.7 Å². The Kier molecular flexibility index (Phi) is 11.2. The number of nitrogens with zero attached hydrogens (tertiary/aromatic N) is 2. The van der Waals surface area contributed by atoms with Gasteiger partial charge in [-0.3, -0.25) is 19.2 Å². The maximum absolute atomic E-state index is 12.3. The summed E-state index contributed by atoms with van der Waals surface area (Å²) < 4.78 is 28.5. The fourth-order valence-electron chi connectivity index (χ4n) is 2.65. The second kappa shape index (κ2) is 13.6. The minimum absolute atomic E-state index is 0.0187. The van der Waals surface area contributed by atoms with Gasteiger partial charge in [0, 0.05) is 35.2 Å². The molecule has 0 bridgehead atoms. The molecule has 0 atom stereocenters. The molecule has 33 heavy (non-hydrogen) atoms. The SMILES string of the molecule is C=CCN1C(=O)/C(=C2\Cc3ccccc3S2)SC1=S.NCCCS(=O)(=O)O.c1ccncc1. The summed E-state index contributed by atoms with van der Waals surface area (Å²) in [6.45, 7) is 4.44. The molecule has 0 radical (unpaired) electrons. The van der Waals surface area contributed by atoms with Crippen molar-refractivity contribution in [2.45, 2.75) is 17.7 Å². The van der Waals surface area contributed by atoms with E-state index >= 15 is 0 Å². The number of nitrogens with two attached hydrogens (primary N) is 1. The third kappa shape index (κ3) is 9.03. The van der Waals surface area contributed by atoms with E-state index in [0.717, 1.165) is 16.2 Å². The number of hydrogen-bond donors (Lipinski definition) is 2. The van der Waals surface area contributed by atoms with Gasteiger partial charge in [-0.2, -0.15) is 8.42 Å². The molecule has 2 aliphatic heterocycles. The highest BCUT2D eigenvalue weighted by Gasteiger charge is 2.35. The summed E-state index contributed by atoms with van der Waals surface area (Å²) in [7, 11) is -3.77. The van der Waals surface area contributed by atoms with Crippen LogP contribution in [0.4, 0.5) is 0 Å². The molecule has 0 saturated carbocycles. The van der Waals surface area contributed by atoms with Crippen LogP contribution in [0.5, 0.6) is 0 Å². The lowest BCUT2D eigenvalue weighted by Gasteiger charge is -2.10. The van der Waals surface area contributed by atoms with Gasteiger partial charge in [-0.15, -0.1) is 6.58 Å². The van der Waals surface area contributed by atoms with E-state index < -0.39 is 10.1 Å². The highest BCUT2D eigenvalue weighted by atomic mass is 32.2. The Morgan fingerprint density at radius 1 is 1.18 bits per heavy atom. The first-order valence-corrected chi connectivity index (χ1v) is 13.6. The first-order chi connectivity index (χ1) is 15.8. The normalized spacial score (nSPS) is 17.0. The summed E-state index contributed by atoms with van der Waals surface area (Å²) in [4.78, 5) is 20.9. The first kappa shape index (κ1) is 27.2. The van der Waals surface area contributed by atoms with Crippen molar-refractivity contribution in [3.05, 3.63) is 82.9 Å². The third-order valence-corrected chi connectivity index (χ3v) is 7.78. The van der Waals surface area contributed by atoms with E-state index in [9.17, 15) is 13.2 Å². The van der Waals surface area contributed by atoms with E-state index in [1.54, 1.807) is 35.1 Å². The topological polar surface area (TPSA) is 114 Å². The van der Waals surface area contributed by atoms with Gasteiger partial charge in [0.1, 0.15) is 4.32 Å². The molecule has 1 amide bonds. The molecular weight excluding hydrogens is 499 g/mol. The van der Waals surface area contributed by atoms with Crippen molar-refractivity contribution in [1.82, 2.24) is 9.88 Å². The zero-order valence-corrected chi connectivity index (χ0v) is 21.1. The molecule has 0 unspecified atom stereocenters. The van der Waals surface area contributed by atoms with Crippen LogP contribution in [0.15, 0.2) is 82.2 Å². The standard InChI is InChI=1S/C14H11NOS3.C5H5N.C3H9NO3S/c1-2-7-15-13(16)12(19-14(15)17)11-8-9-5-3-4-6-10(9)18-11;1-2-4-6-5-3-1;4-2-1-3-8(5,6)7/h2-6H,1,7-8H2;1-5H;1-4H2,(H,5,6,7)/b12-11-;;. The van der Waals surface area contributed by atoms with Crippen LogP contribution in [-0.2, 0) is 21.3 Å². The molecule has 176 valence electrons. The van der Waals surface area contributed by atoms with Gasteiger partial charge in [0.15, 0.2) is 0 Å². The van der Waals surface area contributed by atoms with Crippen LogP contribution in [0.25, 0.3) is 0 Å². The van der Waals surface area contributed by atoms with Gasteiger partial charge in [-0.05, 0) is 36.7 Å². The lowest BCUT2D eigenvalue weighted by atomic mass is 10.1. The van der Waals surface area contributed by atoms with Crippen LogP contribution in [0, 0.1) is 0 Å². The number of carbonyl (C=O) groups is 1. The molecule has 2 aromatic rings. The Bertz CT molecular complexity index is 1050. The Morgan fingerprint density at radius 2 is 1.88 bits per heavy atom. The number of fused-ring (bicyclic) bond motifs is 1. The van der Waals surface area contributed by atoms with Crippen LogP contribution >= 0.6 is 35.7 Å². The smallest absolute Gasteiger partial charge is 0.267 e. The van der Waals surface area contributed by atoms with Crippen LogP contribution in [0.1, 0.15) is 12.0 Å². The van der Waals surface area contributed by atoms with Crippen molar-refractivity contribution in [2.24, 2.45) is 5.73 Å². The number of thioether (sulfide) groups is 2. The average Bonchev–Trinajstić information content (AvgIpc) is 3.35. The van der Waals surface area contributed by atoms with Crippen molar-refractivity contribution in [3.8, 4) is 0 Å². The Morgan fingerprint density at radius 3 is 2.36 bits per heavy atom. The molecule has 1 saturated heterocycles. The molecule has 2 aliphatic rings. The summed E-state index contributed by atoms with van der Waals surface area (Å²) in [5.41, 5.74) is 6.25. The van der Waals surface area contributed by atoms with Crippen LogP contribution in [0.2, 0.25) is 0 Å². The Balaban J connectivity index is 0.000000227. The van der Waals surface area contributed by atoms with Crippen LogP contribution < -0.4 is 5.73 Å². The molecule has 3 N–H and O–H groups in total. The fraction of sp³-hybridized carbons (Fsp3) is 0.227. The lowest BCUT2D eigenvalue weighted by molar-refractivity contribution is -0.121. The monoisotopic (exact) mass is 523 g/mol. The summed E-state index contributed by atoms with van der Waals surface area (Å²) in [5, 5.41) is 0. The zero-order valence-electron chi connectivity index (χ0n) is 17.8. The molecule has 1 aromatic carbocycles. The number of benzene rings is 1. The highest BCUT2D eigenvalue weighted by molar-refractivity contribution is 8.27. The van der Waals surface area contributed by atoms with Crippen LogP contribution in [0.3, 0.4) is 0 Å². The predicted octanol–water partition coefficient (Wildman–Crippen LogP) is 3.90. The number of amides is 1. The second-order valence-corrected chi connectivity index (χ2v) is 11.0. The van der Waals surface area contributed by atoms with Gasteiger partial charge in [-0.1, -0.05) is 66.1 Å². The van der Waals surface area contributed by atoms with E-state index in [1.165, 1.54) is 22.2 Å². The number of carbonyl (C=O) groups excluding carboxylic acids is 1. The maximum Gasteiger partial charge on any atom is 0.267 e. The van der Waals surface area contributed by atoms with Crippen molar-refractivity contribution >= 4 is 56.1 Å². The summed E-state index contributed by atoms with van der Waals surface area (Å²) in [5.74, 6) is -0.214. The summed E-state index contributed by atoms with van der Waals surface area (Å²) >= 11 is 8.35. The number of hydrogen-bond acceptors (Lipinski definition) is 8. The van der Waals surface area contributed by atoms with E-state index in [4.69, 9.17) is 22.5 Å². The lowest BCUT2D eigenvalue weighted by Crippen LogP contribution is -2.28. The van der Waals surface area contributed by atoms with E-state index in [2.05, 4.69) is 23.7 Å². The number of aromatic nitrogens is 1. The average molecular weight is 524 g/mol. The molecule has 3 heterocycles. The molecule has 11 heteroatoms. The van der Waals surface area contributed by atoms with E-state index in [-0.39, 0.29) is 11.7 Å². The van der Waals surface area contributed by atoms with Crippen molar-refractivity contribution in [3.63, 3.8) is 0 Å². The number of rotatable bonds is 5. The Labute approximate surface area is 208 Å². The van der Waals surface area contributed by atoms with Crippen molar-refractivity contribution in [2.75, 3.05) is 18.8 Å². The largest absolute Gasteiger partial charge is 0.330 e. The molecule has 7 nitrogen and oxygen atoms in total. The van der Waals surface area contributed by atoms with Gasteiger partial charge >= 0.3 is 0 Å². The number of pyridine rings is 1. The summed E-state index contributed by atoms with van der Waals surface area (Å²) in [6, 6.07) is 14.0. The summed E-state index contributed by atoms with van der Waals surface area (Å²) in [6.07, 6.45) is 6.35. The first-order valence-electron chi connectivity index (χ1n) is 9.90. The molecule has 1 aromatic heterocycles. The fourth-order valence-corrected chi connectivity index (χ4v) is 5.76. The third-order valence-electron chi connectivity index (χ3n) is 4.14. The minimum atomic E-state index is -3.77. The maximum atomic E-state index is 12.3. The van der Waals surface area contributed by atoms with Crippen molar-refractivity contribution in [1.29, 1.82) is 0 Å². The Hall–Kier alpha value is -2.02. The number of allylic oxidation sites excluding steroid dienone is 1. The molecule has 0 aliphatic carbocycles. The zero-order chi connectivity index (χ0) is 24.3. The predicted molar refractivity (Wildman–Crippen MR) is 139 cm³/mol. The van der Waals surface area contributed by atoms with Gasteiger partial charge < -0.3 is 5.73 Å². The number of thiocarbonyl (C=S) groups is 1. The highest BCUT2D eigenvalue weighted by Crippen LogP contribution is 2.46. The van der Waals surface area contributed by atoms with E-state index in [1.807, 2.05) is 30.3 Å². The second-order valence-electron chi connectivity index (χ2n) is 6.66. The molecular formula is C22H25N3O4S4. The molecule has 4 rings (SSSR count). The quantitative estimate of drug-likeness (QED) is 0.261. The van der Waals surface area contributed by atoms with Gasteiger partial charge in [-0.25, -0.2) is 0 Å². The van der Waals surface area contributed by atoms with Gasteiger partial charge in [0.25, 0.3) is 16.0 Å². The molecule has 1 fully saturated rings.